The number of nitrogens with zero attached hydrogens (tertiary/aromatic N) is 2. The van der Waals surface area contributed by atoms with Crippen LogP contribution < -0.4 is 20.1 Å². The van der Waals surface area contributed by atoms with E-state index in [4.69, 9.17) is 14.2 Å². The fraction of sp³-hybridized carbons (Fsp3) is 0.696. The summed E-state index contributed by atoms with van der Waals surface area (Å²) in [5.41, 5.74) is 1.14. The Morgan fingerprint density at radius 2 is 1.93 bits per heavy atom. The van der Waals surface area contributed by atoms with Gasteiger partial charge in [0.2, 0.25) is 0 Å². The van der Waals surface area contributed by atoms with Crippen molar-refractivity contribution in [2.45, 2.75) is 57.7 Å². The van der Waals surface area contributed by atoms with E-state index in [1.165, 1.54) is 12.8 Å². The van der Waals surface area contributed by atoms with Crippen molar-refractivity contribution in [3.8, 4) is 11.5 Å². The molecular formula is C23H38N4O3. The highest BCUT2D eigenvalue weighted by atomic mass is 16.5. The van der Waals surface area contributed by atoms with E-state index in [9.17, 15) is 0 Å². The van der Waals surface area contributed by atoms with Crippen LogP contribution in [0, 0.1) is 0 Å². The topological polar surface area (TPSA) is 67.4 Å². The summed E-state index contributed by atoms with van der Waals surface area (Å²) in [7, 11) is 3.50. The lowest BCUT2D eigenvalue weighted by molar-refractivity contribution is -0.00834. The molecule has 0 atom stereocenters. The van der Waals surface area contributed by atoms with Crippen LogP contribution in [0.15, 0.2) is 23.2 Å². The average molecular weight is 419 g/mol. The molecule has 1 aliphatic carbocycles. The zero-order chi connectivity index (χ0) is 21.4. The Hall–Kier alpha value is -1.99. The molecule has 0 aromatic heterocycles. The first-order valence-electron chi connectivity index (χ1n) is 11.1. The summed E-state index contributed by atoms with van der Waals surface area (Å²) < 4.78 is 17.2. The summed E-state index contributed by atoms with van der Waals surface area (Å²) in [5, 5.41) is 6.92. The minimum absolute atomic E-state index is 0.0260. The molecule has 1 aliphatic heterocycles. The van der Waals surface area contributed by atoms with Gasteiger partial charge in [-0.05, 0) is 51.7 Å². The van der Waals surface area contributed by atoms with Crippen LogP contribution in [0.25, 0.3) is 0 Å². The van der Waals surface area contributed by atoms with Crippen molar-refractivity contribution in [3.63, 3.8) is 0 Å². The van der Waals surface area contributed by atoms with Crippen LogP contribution in [0.4, 0.5) is 0 Å². The molecule has 0 unspecified atom stereocenters. The summed E-state index contributed by atoms with van der Waals surface area (Å²) in [5.74, 6) is 2.51. The van der Waals surface area contributed by atoms with Crippen LogP contribution in [0.2, 0.25) is 0 Å². The second kappa shape index (κ2) is 10.9. The summed E-state index contributed by atoms with van der Waals surface area (Å²) in [4.78, 5) is 6.87. The van der Waals surface area contributed by atoms with Crippen molar-refractivity contribution in [3.05, 3.63) is 23.8 Å². The quantitative estimate of drug-likeness (QED) is 0.500. The Labute approximate surface area is 181 Å². The molecule has 30 heavy (non-hydrogen) atoms. The maximum absolute atomic E-state index is 6.31. The van der Waals surface area contributed by atoms with Crippen molar-refractivity contribution in [1.29, 1.82) is 0 Å². The lowest BCUT2D eigenvalue weighted by atomic mass is 10.0. The van der Waals surface area contributed by atoms with Gasteiger partial charge in [-0.15, -0.1) is 0 Å². The average Bonchev–Trinajstić information content (AvgIpc) is 3.28. The van der Waals surface area contributed by atoms with Gasteiger partial charge in [-0.3, -0.25) is 9.89 Å². The van der Waals surface area contributed by atoms with Crippen LogP contribution >= 0.6 is 0 Å². The monoisotopic (exact) mass is 418 g/mol. The number of methoxy groups -OCH3 is 1. The van der Waals surface area contributed by atoms with E-state index in [-0.39, 0.29) is 5.54 Å². The van der Waals surface area contributed by atoms with E-state index >= 15 is 0 Å². The Balaban J connectivity index is 1.57. The summed E-state index contributed by atoms with van der Waals surface area (Å²) in [6, 6.07) is 6.05. The smallest absolute Gasteiger partial charge is 0.191 e. The maximum atomic E-state index is 6.31. The fourth-order valence-electron chi connectivity index (χ4n) is 4.08. The van der Waals surface area contributed by atoms with E-state index in [1.807, 2.05) is 12.1 Å². The van der Waals surface area contributed by atoms with Gasteiger partial charge >= 0.3 is 0 Å². The molecule has 0 bridgehead atoms. The van der Waals surface area contributed by atoms with Gasteiger partial charge in [0.25, 0.3) is 0 Å². The largest absolute Gasteiger partial charge is 0.497 e. The number of guanidine groups is 1. The van der Waals surface area contributed by atoms with Crippen LogP contribution in [0.3, 0.4) is 0 Å². The second-order valence-electron chi connectivity index (χ2n) is 8.69. The van der Waals surface area contributed by atoms with E-state index in [0.717, 1.165) is 68.7 Å². The van der Waals surface area contributed by atoms with Gasteiger partial charge < -0.3 is 24.8 Å². The number of nitrogens with one attached hydrogen (secondary N) is 2. The molecule has 1 aromatic rings. The highest BCUT2D eigenvalue weighted by molar-refractivity contribution is 5.79. The third-order valence-corrected chi connectivity index (χ3v) is 6.10. The first kappa shape index (κ1) is 22.7. The van der Waals surface area contributed by atoms with Crippen LogP contribution in [0.5, 0.6) is 11.5 Å². The minimum atomic E-state index is 0.0260. The van der Waals surface area contributed by atoms with Gasteiger partial charge in [0.05, 0.1) is 26.4 Å². The zero-order valence-corrected chi connectivity index (χ0v) is 19.0. The maximum Gasteiger partial charge on any atom is 0.191 e. The molecule has 7 heteroatoms. The second-order valence-corrected chi connectivity index (χ2v) is 8.69. The molecule has 1 heterocycles. The van der Waals surface area contributed by atoms with E-state index < -0.39 is 0 Å². The van der Waals surface area contributed by atoms with Crippen molar-refractivity contribution in [1.82, 2.24) is 15.5 Å². The van der Waals surface area contributed by atoms with Gasteiger partial charge in [-0.1, -0.05) is 0 Å². The number of benzene rings is 1. The van der Waals surface area contributed by atoms with Crippen LogP contribution in [-0.4, -0.2) is 69.5 Å². The van der Waals surface area contributed by atoms with Crippen LogP contribution in [0.1, 0.15) is 45.1 Å². The molecule has 168 valence electrons. The molecule has 2 aliphatic rings. The molecule has 2 fully saturated rings. The number of morpholine rings is 1. The number of ether oxygens (including phenoxy) is 3. The molecule has 0 radical (unpaired) electrons. The molecule has 2 N–H and O–H groups in total. The molecule has 7 nitrogen and oxygen atoms in total. The van der Waals surface area contributed by atoms with Gasteiger partial charge in [0.15, 0.2) is 5.96 Å². The first-order chi connectivity index (χ1) is 14.5. The Morgan fingerprint density at radius 1 is 1.20 bits per heavy atom. The van der Waals surface area contributed by atoms with Crippen molar-refractivity contribution in [2.24, 2.45) is 4.99 Å². The summed E-state index contributed by atoms with van der Waals surface area (Å²) >= 11 is 0. The lowest BCUT2D eigenvalue weighted by Crippen LogP contribution is -2.56. The summed E-state index contributed by atoms with van der Waals surface area (Å²) in [6.07, 6.45) is 5.06. The van der Waals surface area contributed by atoms with Crippen LogP contribution in [-0.2, 0) is 11.3 Å². The molecule has 0 amide bonds. The summed E-state index contributed by atoms with van der Waals surface area (Å²) in [6.45, 7) is 9.51. The van der Waals surface area contributed by atoms with Gasteiger partial charge in [-0.25, -0.2) is 0 Å². The van der Waals surface area contributed by atoms with Gasteiger partial charge in [-0.2, -0.15) is 0 Å². The number of hydrogen-bond acceptors (Lipinski definition) is 5. The fourth-order valence-corrected chi connectivity index (χ4v) is 4.08. The minimum Gasteiger partial charge on any atom is -0.497 e. The SMILES string of the molecule is CN=C(NCc1ccc(OC)cc1OC1CCCC1)NCC(C)(C)N1CCOCC1. The number of aliphatic imine (C=N–C) groups is 1. The van der Waals surface area contributed by atoms with Crippen molar-refractivity contribution in [2.75, 3.05) is 47.0 Å². The molecule has 1 saturated heterocycles. The first-order valence-corrected chi connectivity index (χ1v) is 11.1. The molecular weight excluding hydrogens is 380 g/mol. The van der Waals surface area contributed by atoms with Crippen molar-refractivity contribution >= 4 is 5.96 Å². The van der Waals surface area contributed by atoms with Gasteiger partial charge in [0, 0.05) is 50.4 Å². The Morgan fingerprint density at radius 3 is 2.60 bits per heavy atom. The van der Waals surface area contributed by atoms with Gasteiger partial charge in [0.1, 0.15) is 11.5 Å². The number of rotatable bonds is 8. The standard InChI is InChI=1S/C23H38N4O3/c1-23(2,27-11-13-29-14-12-27)17-26-22(24-3)25-16-18-9-10-20(28-4)15-21(18)30-19-7-5-6-8-19/h9-10,15,19H,5-8,11-14,16-17H2,1-4H3,(H2,24,25,26). The third kappa shape index (κ3) is 6.25. The molecule has 0 spiro atoms. The van der Waals surface area contributed by atoms with E-state index in [2.05, 4.69) is 40.4 Å². The molecule has 3 rings (SSSR count). The van der Waals surface area contributed by atoms with Crippen molar-refractivity contribution < 1.29 is 14.2 Å². The third-order valence-electron chi connectivity index (χ3n) is 6.10. The zero-order valence-electron chi connectivity index (χ0n) is 19.0. The lowest BCUT2D eigenvalue weighted by Gasteiger charge is -2.41. The number of hydrogen-bond donors (Lipinski definition) is 2. The normalized spacial score (nSPS) is 19.0. The Bertz CT molecular complexity index is 696. The predicted molar refractivity (Wildman–Crippen MR) is 121 cm³/mol. The van der Waals surface area contributed by atoms with E-state index in [1.54, 1.807) is 14.2 Å². The molecule has 1 aromatic carbocycles. The highest BCUT2D eigenvalue weighted by Crippen LogP contribution is 2.30. The molecule has 1 saturated carbocycles. The predicted octanol–water partition coefficient (Wildman–Crippen LogP) is 2.79. The highest BCUT2D eigenvalue weighted by Gasteiger charge is 2.28. The van der Waals surface area contributed by atoms with E-state index in [0.29, 0.717) is 12.6 Å². The Kier molecular flexibility index (Phi) is 8.22.